The lowest BCUT2D eigenvalue weighted by Crippen LogP contribution is -2.20. The van der Waals surface area contributed by atoms with Gasteiger partial charge in [0.15, 0.2) is 11.0 Å². The fraction of sp³-hybridized carbons (Fsp3) is 0.0769. The van der Waals surface area contributed by atoms with E-state index in [0.29, 0.717) is 16.0 Å². The maximum atomic E-state index is 12.5. The van der Waals surface area contributed by atoms with Gasteiger partial charge in [0.05, 0.1) is 19.1 Å². The molecule has 180 valence electrons. The van der Waals surface area contributed by atoms with Crippen LogP contribution in [0.25, 0.3) is 28.0 Å². The molecule has 3 aromatic carbocycles. The van der Waals surface area contributed by atoms with Crippen molar-refractivity contribution in [2.45, 2.75) is 5.16 Å². The van der Waals surface area contributed by atoms with Crippen LogP contribution < -0.4 is 10.2 Å². The standard InChI is InChI=1S/C26H21ClN6O2S/c1-35-21-12-6-17(7-13-21)25-31-32-26(33(25)20-10-8-19(27)9-11-20)36-16-24(34)30-29-15-18-14-28-23-5-3-2-4-22(18)23/h2-15,28H,16H2,1H3,(H,30,34). The van der Waals surface area contributed by atoms with Crippen LogP contribution in [0, 0.1) is 0 Å². The number of hydrazone groups is 1. The number of carbonyl (C=O) groups is 1. The summed E-state index contributed by atoms with van der Waals surface area (Å²) in [5.74, 6) is 1.24. The first kappa shape index (κ1) is 23.7. The lowest BCUT2D eigenvalue weighted by atomic mass is 10.2. The van der Waals surface area contributed by atoms with Crippen molar-refractivity contribution in [1.82, 2.24) is 25.2 Å². The predicted molar refractivity (Wildman–Crippen MR) is 143 cm³/mol. The van der Waals surface area contributed by atoms with E-state index in [0.717, 1.165) is 33.5 Å². The minimum Gasteiger partial charge on any atom is -0.497 e. The van der Waals surface area contributed by atoms with Gasteiger partial charge in [-0.25, -0.2) is 5.43 Å². The van der Waals surface area contributed by atoms with Crippen LogP contribution in [-0.2, 0) is 4.79 Å². The zero-order valence-electron chi connectivity index (χ0n) is 19.2. The predicted octanol–water partition coefficient (Wildman–Crippen LogP) is 5.32. The van der Waals surface area contributed by atoms with Crippen LogP contribution in [0.1, 0.15) is 5.56 Å². The summed E-state index contributed by atoms with van der Waals surface area (Å²) in [7, 11) is 1.62. The molecule has 2 aromatic heterocycles. The van der Waals surface area contributed by atoms with Crippen LogP contribution in [0.5, 0.6) is 5.75 Å². The van der Waals surface area contributed by atoms with Crippen molar-refractivity contribution in [3.63, 3.8) is 0 Å². The highest BCUT2D eigenvalue weighted by molar-refractivity contribution is 7.99. The Bertz CT molecular complexity index is 1530. The largest absolute Gasteiger partial charge is 0.497 e. The van der Waals surface area contributed by atoms with Crippen LogP contribution in [0.4, 0.5) is 0 Å². The third-order valence-corrected chi connectivity index (χ3v) is 6.59. The number of benzene rings is 3. The molecule has 0 radical (unpaired) electrons. The van der Waals surface area contributed by atoms with Crippen molar-refractivity contribution in [2.75, 3.05) is 12.9 Å². The summed E-state index contributed by atoms with van der Waals surface area (Å²) < 4.78 is 7.15. The molecule has 0 bridgehead atoms. The Hall–Kier alpha value is -4.08. The number of hydrogen-bond acceptors (Lipinski definition) is 6. The quantitative estimate of drug-likeness (QED) is 0.165. The molecular formula is C26H21ClN6O2S. The van der Waals surface area contributed by atoms with Crippen molar-refractivity contribution in [3.05, 3.63) is 89.6 Å². The number of amides is 1. The topological polar surface area (TPSA) is 97.2 Å². The van der Waals surface area contributed by atoms with Gasteiger partial charge in [0.1, 0.15) is 5.75 Å². The molecule has 0 fully saturated rings. The number of thioether (sulfide) groups is 1. The van der Waals surface area contributed by atoms with E-state index in [4.69, 9.17) is 16.3 Å². The second-order valence-electron chi connectivity index (χ2n) is 7.72. The van der Waals surface area contributed by atoms with Gasteiger partial charge in [-0.05, 0) is 54.6 Å². The number of nitrogens with one attached hydrogen (secondary N) is 2. The van der Waals surface area contributed by atoms with E-state index < -0.39 is 0 Å². The first-order valence-corrected chi connectivity index (χ1v) is 12.4. The average Bonchev–Trinajstić information content (AvgIpc) is 3.52. The van der Waals surface area contributed by atoms with E-state index in [9.17, 15) is 4.79 Å². The van der Waals surface area contributed by atoms with Crippen LogP contribution in [0.15, 0.2) is 89.3 Å². The molecule has 8 nitrogen and oxygen atoms in total. The molecule has 1 amide bonds. The molecule has 5 aromatic rings. The highest BCUT2D eigenvalue weighted by atomic mass is 35.5. The zero-order valence-corrected chi connectivity index (χ0v) is 20.8. The van der Waals surface area contributed by atoms with Gasteiger partial charge in [-0.15, -0.1) is 10.2 Å². The van der Waals surface area contributed by atoms with E-state index in [-0.39, 0.29) is 11.7 Å². The number of rotatable bonds is 8. The highest BCUT2D eigenvalue weighted by Gasteiger charge is 2.17. The van der Waals surface area contributed by atoms with Gasteiger partial charge >= 0.3 is 0 Å². The van der Waals surface area contributed by atoms with Crippen LogP contribution in [0.2, 0.25) is 5.02 Å². The number of hydrogen-bond donors (Lipinski definition) is 2. The Morgan fingerprint density at radius 3 is 2.67 bits per heavy atom. The van der Waals surface area contributed by atoms with Crippen molar-refractivity contribution in [3.8, 4) is 22.8 Å². The molecule has 10 heteroatoms. The summed E-state index contributed by atoms with van der Waals surface area (Å²) in [5, 5.41) is 15.1. The Balaban J connectivity index is 1.32. The fourth-order valence-electron chi connectivity index (χ4n) is 3.65. The second kappa shape index (κ2) is 10.7. The summed E-state index contributed by atoms with van der Waals surface area (Å²) in [4.78, 5) is 15.7. The van der Waals surface area contributed by atoms with E-state index in [2.05, 4.69) is 25.7 Å². The zero-order chi connectivity index (χ0) is 24.9. The monoisotopic (exact) mass is 516 g/mol. The van der Waals surface area contributed by atoms with Crippen LogP contribution >= 0.6 is 23.4 Å². The van der Waals surface area contributed by atoms with Crippen molar-refractivity contribution >= 4 is 46.4 Å². The first-order chi connectivity index (χ1) is 17.6. The number of aromatic nitrogens is 4. The second-order valence-corrected chi connectivity index (χ2v) is 9.10. The minimum atomic E-state index is -0.257. The summed E-state index contributed by atoms with van der Waals surface area (Å²) in [6.07, 6.45) is 3.48. The summed E-state index contributed by atoms with van der Waals surface area (Å²) in [6, 6.07) is 22.8. The van der Waals surface area contributed by atoms with Gasteiger partial charge in [-0.2, -0.15) is 5.10 Å². The van der Waals surface area contributed by atoms with Crippen molar-refractivity contribution in [2.24, 2.45) is 5.10 Å². The molecule has 2 N–H and O–H groups in total. The molecule has 0 spiro atoms. The number of fused-ring (bicyclic) bond motifs is 1. The van der Waals surface area contributed by atoms with Crippen molar-refractivity contribution < 1.29 is 9.53 Å². The third-order valence-electron chi connectivity index (χ3n) is 5.41. The first-order valence-electron chi connectivity index (χ1n) is 11.0. The lowest BCUT2D eigenvalue weighted by Gasteiger charge is -2.11. The normalized spacial score (nSPS) is 11.3. The van der Waals surface area contributed by atoms with Gasteiger partial charge in [-0.3, -0.25) is 9.36 Å². The fourth-order valence-corrected chi connectivity index (χ4v) is 4.52. The van der Waals surface area contributed by atoms with Gasteiger partial charge in [0.2, 0.25) is 0 Å². The molecule has 0 atom stereocenters. The van der Waals surface area contributed by atoms with Crippen LogP contribution in [-0.4, -0.2) is 44.7 Å². The summed E-state index contributed by atoms with van der Waals surface area (Å²) >= 11 is 7.36. The Labute approximate surface area is 216 Å². The number of methoxy groups -OCH3 is 1. The van der Waals surface area contributed by atoms with Crippen molar-refractivity contribution in [1.29, 1.82) is 0 Å². The lowest BCUT2D eigenvalue weighted by molar-refractivity contribution is -0.118. The number of H-pyrrole nitrogens is 1. The van der Waals surface area contributed by atoms with Gasteiger partial charge in [-0.1, -0.05) is 41.6 Å². The maximum absolute atomic E-state index is 12.5. The number of aromatic amines is 1. The number of ether oxygens (including phenoxy) is 1. The number of halogens is 1. The summed E-state index contributed by atoms with van der Waals surface area (Å²) in [6.45, 7) is 0. The smallest absolute Gasteiger partial charge is 0.250 e. The number of nitrogens with zero attached hydrogens (tertiary/aromatic N) is 4. The number of carbonyl (C=O) groups excluding carboxylic acids is 1. The SMILES string of the molecule is COc1ccc(-c2nnc(SCC(=O)NN=Cc3c[nH]c4ccccc34)n2-c2ccc(Cl)cc2)cc1. The molecule has 0 aliphatic carbocycles. The average molecular weight is 517 g/mol. The molecule has 0 saturated carbocycles. The Kier molecular flexibility index (Phi) is 7.01. The molecule has 5 rings (SSSR count). The van der Waals surface area contributed by atoms with Crippen LogP contribution in [0.3, 0.4) is 0 Å². The molecule has 0 saturated heterocycles. The third kappa shape index (κ3) is 5.12. The Morgan fingerprint density at radius 1 is 1.11 bits per heavy atom. The Morgan fingerprint density at radius 2 is 1.89 bits per heavy atom. The summed E-state index contributed by atoms with van der Waals surface area (Å²) in [5.41, 5.74) is 6.17. The van der Waals surface area contributed by atoms with Gasteiger partial charge in [0, 0.05) is 38.9 Å². The highest BCUT2D eigenvalue weighted by Crippen LogP contribution is 2.29. The van der Waals surface area contributed by atoms with E-state index in [1.54, 1.807) is 25.5 Å². The number of para-hydroxylation sites is 1. The molecule has 0 aliphatic heterocycles. The van der Waals surface area contributed by atoms with E-state index >= 15 is 0 Å². The van der Waals surface area contributed by atoms with Gasteiger partial charge < -0.3 is 9.72 Å². The minimum absolute atomic E-state index is 0.111. The molecule has 2 heterocycles. The molecular weight excluding hydrogens is 496 g/mol. The maximum Gasteiger partial charge on any atom is 0.250 e. The molecule has 0 unspecified atom stereocenters. The molecule has 0 aliphatic rings. The van der Waals surface area contributed by atoms with E-state index in [1.165, 1.54) is 11.8 Å². The van der Waals surface area contributed by atoms with Gasteiger partial charge in [0.25, 0.3) is 5.91 Å². The molecule has 36 heavy (non-hydrogen) atoms. The van der Waals surface area contributed by atoms with E-state index in [1.807, 2.05) is 71.4 Å².